The number of anilines is 1. The Morgan fingerprint density at radius 1 is 1.30 bits per heavy atom. The lowest BCUT2D eigenvalue weighted by Crippen LogP contribution is -2.45. The molecule has 3 nitrogen and oxygen atoms in total. The number of rotatable bonds is 2. The molecule has 1 amide bonds. The van der Waals surface area contributed by atoms with Crippen LogP contribution in [0, 0.1) is 5.92 Å². The molecule has 0 radical (unpaired) electrons. The molecule has 6 heteroatoms. The van der Waals surface area contributed by atoms with Gasteiger partial charge in [0, 0.05) is 5.69 Å². The molecule has 0 bridgehead atoms. The number of hydrogen-bond donors (Lipinski definition) is 2. The molecule has 110 valence electrons. The molecule has 0 aliphatic carbocycles. The summed E-state index contributed by atoms with van der Waals surface area (Å²) in [4.78, 5) is 12.0. The van der Waals surface area contributed by atoms with Crippen molar-refractivity contribution in [3.63, 3.8) is 0 Å². The van der Waals surface area contributed by atoms with Gasteiger partial charge in [0.25, 0.3) is 0 Å². The average molecular weight is 286 g/mol. The van der Waals surface area contributed by atoms with Crippen LogP contribution in [0.4, 0.5) is 18.9 Å². The first kappa shape index (κ1) is 14.8. The first-order valence-corrected chi connectivity index (χ1v) is 6.58. The van der Waals surface area contributed by atoms with E-state index in [9.17, 15) is 18.0 Å². The van der Waals surface area contributed by atoms with Gasteiger partial charge < -0.3 is 10.6 Å². The van der Waals surface area contributed by atoms with Gasteiger partial charge in [-0.3, -0.25) is 4.79 Å². The molecule has 1 aromatic carbocycles. The van der Waals surface area contributed by atoms with Gasteiger partial charge in [-0.1, -0.05) is 6.92 Å². The highest BCUT2D eigenvalue weighted by molar-refractivity contribution is 5.94. The Balaban J connectivity index is 1.97. The molecule has 1 aromatic rings. The number of nitrogens with one attached hydrogen (secondary N) is 2. The lowest BCUT2D eigenvalue weighted by atomic mass is 9.94. The van der Waals surface area contributed by atoms with Crippen LogP contribution in [0.15, 0.2) is 24.3 Å². The van der Waals surface area contributed by atoms with Crippen molar-refractivity contribution in [3.8, 4) is 0 Å². The highest BCUT2D eigenvalue weighted by atomic mass is 19.4. The molecule has 20 heavy (non-hydrogen) atoms. The van der Waals surface area contributed by atoms with E-state index in [1.165, 1.54) is 12.1 Å². The summed E-state index contributed by atoms with van der Waals surface area (Å²) in [5.41, 5.74) is -0.345. The van der Waals surface area contributed by atoms with Crippen LogP contribution in [0.5, 0.6) is 0 Å². The van der Waals surface area contributed by atoms with Crippen molar-refractivity contribution in [2.24, 2.45) is 5.92 Å². The van der Waals surface area contributed by atoms with E-state index in [0.29, 0.717) is 11.6 Å². The molecule has 1 aliphatic rings. The van der Waals surface area contributed by atoms with Crippen molar-refractivity contribution < 1.29 is 18.0 Å². The second kappa shape index (κ2) is 5.83. The van der Waals surface area contributed by atoms with Crippen molar-refractivity contribution in [2.45, 2.75) is 32.0 Å². The Labute approximate surface area is 115 Å². The van der Waals surface area contributed by atoms with Crippen molar-refractivity contribution in [1.29, 1.82) is 0 Å². The van der Waals surface area contributed by atoms with Crippen LogP contribution >= 0.6 is 0 Å². The zero-order valence-corrected chi connectivity index (χ0v) is 11.1. The fourth-order valence-corrected chi connectivity index (χ4v) is 2.28. The normalized spacial score (nSPS) is 23.4. The maximum absolute atomic E-state index is 12.4. The summed E-state index contributed by atoms with van der Waals surface area (Å²) in [7, 11) is 0. The van der Waals surface area contributed by atoms with Crippen LogP contribution in [0.1, 0.15) is 25.3 Å². The van der Waals surface area contributed by atoms with Crippen LogP contribution in [0.3, 0.4) is 0 Å². The van der Waals surface area contributed by atoms with Crippen molar-refractivity contribution in [2.75, 3.05) is 11.9 Å². The van der Waals surface area contributed by atoms with Gasteiger partial charge in [0.15, 0.2) is 0 Å². The summed E-state index contributed by atoms with van der Waals surface area (Å²) in [6, 6.07) is 4.19. The molecule has 1 fully saturated rings. The largest absolute Gasteiger partial charge is 0.416 e. The number of amides is 1. The van der Waals surface area contributed by atoms with Crippen molar-refractivity contribution in [1.82, 2.24) is 5.32 Å². The Hall–Kier alpha value is -1.56. The van der Waals surface area contributed by atoms with Gasteiger partial charge in [-0.05, 0) is 49.6 Å². The maximum atomic E-state index is 12.4. The summed E-state index contributed by atoms with van der Waals surface area (Å²) in [6.45, 7) is 2.87. The van der Waals surface area contributed by atoms with Crippen LogP contribution in [-0.2, 0) is 11.0 Å². The quantitative estimate of drug-likeness (QED) is 0.877. The summed E-state index contributed by atoms with van der Waals surface area (Å²) >= 11 is 0. The van der Waals surface area contributed by atoms with E-state index in [-0.39, 0.29) is 11.9 Å². The monoisotopic (exact) mass is 286 g/mol. The van der Waals surface area contributed by atoms with E-state index in [2.05, 4.69) is 17.6 Å². The van der Waals surface area contributed by atoms with Crippen LogP contribution in [0.2, 0.25) is 0 Å². The summed E-state index contributed by atoms with van der Waals surface area (Å²) in [5, 5.41) is 5.76. The molecule has 0 saturated carbocycles. The third-order valence-corrected chi connectivity index (χ3v) is 3.46. The van der Waals surface area contributed by atoms with E-state index in [1.807, 2.05) is 0 Å². The number of alkyl halides is 3. The van der Waals surface area contributed by atoms with Crippen LogP contribution in [0.25, 0.3) is 0 Å². The standard InChI is InChI=1S/C14H17F3N2O/c1-9-6-7-18-12(8-9)13(20)19-11-4-2-10(3-5-11)14(15,16)17/h2-5,9,12,18H,6-8H2,1H3,(H,19,20). The van der Waals surface area contributed by atoms with Gasteiger partial charge in [0.05, 0.1) is 11.6 Å². The highest BCUT2D eigenvalue weighted by Crippen LogP contribution is 2.29. The molecule has 1 aliphatic heterocycles. The Kier molecular flexibility index (Phi) is 4.32. The number of benzene rings is 1. The second-order valence-electron chi connectivity index (χ2n) is 5.20. The van der Waals surface area contributed by atoms with Crippen molar-refractivity contribution >= 4 is 11.6 Å². The zero-order valence-electron chi connectivity index (χ0n) is 11.1. The molecule has 2 rings (SSSR count). The lowest BCUT2D eigenvalue weighted by Gasteiger charge is -2.27. The predicted octanol–water partition coefficient (Wildman–Crippen LogP) is 3.03. The van der Waals surface area contributed by atoms with Crippen molar-refractivity contribution in [3.05, 3.63) is 29.8 Å². The van der Waals surface area contributed by atoms with Crippen LogP contribution < -0.4 is 10.6 Å². The van der Waals surface area contributed by atoms with E-state index >= 15 is 0 Å². The fraction of sp³-hybridized carbons (Fsp3) is 0.500. The minimum atomic E-state index is -4.36. The maximum Gasteiger partial charge on any atom is 0.416 e. The molecule has 2 unspecified atom stereocenters. The number of halogens is 3. The van der Waals surface area contributed by atoms with Gasteiger partial charge in [0.2, 0.25) is 5.91 Å². The van der Waals surface area contributed by atoms with E-state index < -0.39 is 11.7 Å². The lowest BCUT2D eigenvalue weighted by molar-refractivity contribution is -0.137. The topological polar surface area (TPSA) is 41.1 Å². The Morgan fingerprint density at radius 3 is 2.50 bits per heavy atom. The summed E-state index contributed by atoms with van der Waals surface area (Å²) in [5.74, 6) is 0.274. The minimum Gasteiger partial charge on any atom is -0.325 e. The van der Waals surface area contributed by atoms with E-state index in [0.717, 1.165) is 31.5 Å². The Bertz CT molecular complexity index is 470. The SMILES string of the molecule is CC1CCNC(C(=O)Nc2ccc(C(F)(F)F)cc2)C1. The molecular weight excluding hydrogens is 269 g/mol. The van der Waals surface area contributed by atoms with Gasteiger partial charge in [-0.2, -0.15) is 13.2 Å². The third kappa shape index (κ3) is 3.72. The second-order valence-corrected chi connectivity index (χ2v) is 5.20. The predicted molar refractivity (Wildman–Crippen MR) is 70.3 cm³/mol. The molecular formula is C14H17F3N2O. The smallest absolute Gasteiger partial charge is 0.325 e. The highest BCUT2D eigenvalue weighted by Gasteiger charge is 2.30. The molecule has 1 saturated heterocycles. The number of carbonyl (C=O) groups excluding carboxylic acids is 1. The van der Waals surface area contributed by atoms with Gasteiger partial charge >= 0.3 is 6.18 Å². The number of carbonyl (C=O) groups is 1. The van der Waals surface area contributed by atoms with Gasteiger partial charge in [-0.15, -0.1) is 0 Å². The molecule has 2 atom stereocenters. The minimum absolute atomic E-state index is 0.198. The fourth-order valence-electron chi connectivity index (χ4n) is 2.28. The van der Waals surface area contributed by atoms with E-state index in [1.54, 1.807) is 0 Å². The molecule has 1 heterocycles. The third-order valence-electron chi connectivity index (χ3n) is 3.46. The van der Waals surface area contributed by atoms with E-state index in [4.69, 9.17) is 0 Å². The van der Waals surface area contributed by atoms with Crippen LogP contribution in [-0.4, -0.2) is 18.5 Å². The first-order chi connectivity index (χ1) is 9.36. The Morgan fingerprint density at radius 2 is 1.95 bits per heavy atom. The van der Waals surface area contributed by atoms with Gasteiger partial charge in [-0.25, -0.2) is 0 Å². The average Bonchev–Trinajstić information content (AvgIpc) is 2.38. The first-order valence-electron chi connectivity index (χ1n) is 6.58. The van der Waals surface area contributed by atoms with Gasteiger partial charge in [0.1, 0.15) is 0 Å². The number of piperidine rings is 1. The molecule has 0 spiro atoms. The number of hydrogen-bond acceptors (Lipinski definition) is 2. The zero-order chi connectivity index (χ0) is 14.8. The summed E-state index contributed by atoms with van der Waals surface area (Å²) in [6.07, 6.45) is -2.58. The molecule has 2 N–H and O–H groups in total. The summed E-state index contributed by atoms with van der Waals surface area (Å²) < 4.78 is 37.3. The molecule has 0 aromatic heterocycles.